The molecule has 0 saturated carbocycles. The van der Waals surface area contributed by atoms with Crippen molar-refractivity contribution in [3.63, 3.8) is 0 Å². The Morgan fingerprint density at radius 3 is 2.82 bits per heavy atom. The van der Waals surface area contributed by atoms with Crippen LogP contribution < -0.4 is 16.0 Å². The van der Waals surface area contributed by atoms with E-state index in [0.717, 1.165) is 5.56 Å². The summed E-state index contributed by atoms with van der Waals surface area (Å²) in [6.07, 6.45) is 3.16. The van der Waals surface area contributed by atoms with E-state index in [1.165, 1.54) is 0 Å². The average molecular weight is 239 g/mol. The Labute approximate surface area is 99.8 Å². The molecule has 6 nitrogen and oxygen atoms in total. The first kappa shape index (κ1) is 13.2. The second kappa shape index (κ2) is 6.70. The highest BCUT2D eigenvalue weighted by Gasteiger charge is 2.14. The summed E-state index contributed by atoms with van der Waals surface area (Å²) in [6, 6.07) is 0.878. The highest BCUT2D eigenvalue weighted by molar-refractivity contribution is 5.96. The largest absolute Gasteiger partial charge is 0.472 e. The van der Waals surface area contributed by atoms with Gasteiger partial charge in [-0.3, -0.25) is 10.1 Å². The van der Waals surface area contributed by atoms with Crippen LogP contribution in [-0.2, 0) is 11.3 Å². The van der Waals surface area contributed by atoms with Gasteiger partial charge in [0.05, 0.1) is 18.6 Å². The van der Waals surface area contributed by atoms with Crippen molar-refractivity contribution in [3.05, 3.63) is 24.2 Å². The van der Waals surface area contributed by atoms with Crippen LogP contribution in [0.15, 0.2) is 23.0 Å². The van der Waals surface area contributed by atoms with E-state index in [2.05, 4.69) is 16.0 Å². The lowest BCUT2D eigenvalue weighted by Crippen LogP contribution is -2.47. The van der Waals surface area contributed by atoms with E-state index in [0.29, 0.717) is 13.1 Å². The third kappa shape index (κ3) is 4.69. The van der Waals surface area contributed by atoms with Crippen LogP contribution in [0.3, 0.4) is 0 Å². The van der Waals surface area contributed by atoms with Gasteiger partial charge in [0.15, 0.2) is 0 Å². The monoisotopic (exact) mass is 239 g/mol. The highest BCUT2D eigenvalue weighted by atomic mass is 16.3. The third-order valence-corrected chi connectivity index (χ3v) is 2.16. The number of nitrogens with one attached hydrogen (secondary N) is 3. The van der Waals surface area contributed by atoms with Gasteiger partial charge >= 0.3 is 6.03 Å². The molecule has 1 unspecified atom stereocenters. The molecule has 3 N–H and O–H groups in total. The van der Waals surface area contributed by atoms with Crippen molar-refractivity contribution in [2.45, 2.75) is 26.4 Å². The second-order valence-corrected chi connectivity index (χ2v) is 3.58. The fraction of sp³-hybridized carbons (Fsp3) is 0.455. The van der Waals surface area contributed by atoms with E-state index in [4.69, 9.17) is 4.42 Å². The van der Waals surface area contributed by atoms with Crippen LogP contribution in [-0.4, -0.2) is 24.5 Å². The smallest absolute Gasteiger partial charge is 0.321 e. The van der Waals surface area contributed by atoms with Gasteiger partial charge in [0.1, 0.15) is 0 Å². The molecule has 0 bridgehead atoms. The number of hydrogen-bond acceptors (Lipinski definition) is 4. The summed E-state index contributed by atoms with van der Waals surface area (Å²) in [4.78, 5) is 22.6. The van der Waals surface area contributed by atoms with Gasteiger partial charge in [0, 0.05) is 18.7 Å². The molecule has 0 spiro atoms. The molecule has 6 heteroatoms. The van der Waals surface area contributed by atoms with Crippen LogP contribution in [0.2, 0.25) is 0 Å². The number of furan rings is 1. The Hall–Kier alpha value is -1.82. The number of urea groups is 1. The molecule has 0 aliphatic heterocycles. The van der Waals surface area contributed by atoms with E-state index in [1.54, 1.807) is 32.4 Å². The fourth-order valence-corrected chi connectivity index (χ4v) is 1.18. The van der Waals surface area contributed by atoms with Crippen LogP contribution in [0.25, 0.3) is 0 Å². The number of imide groups is 1. The van der Waals surface area contributed by atoms with Gasteiger partial charge in [-0.1, -0.05) is 0 Å². The molecule has 0 radical (unpaired) electrons. The Morgan fingerprint density at radius 1 is 1.47 bits per heavy atom. The molecule has 0 aliphatic rings. The third-order valence-electron chi connectivity index (χ3n) is 2.16. The minimum Gasteiger partial charge on any atom is -0.472 e. The summed E-state index contributed by atoms with van der Waals surface area (Å²) in [7, 11) is 0. The predicted octanol–water partition coefficient (Wildman–Crippen LogP) is 0.603. The Bertz CT molecular complexity index is 362. The molecular weight excluding hydrogens is 222 g/mol. The summed E-state index contributed by atoms with van der Waals surface area (Å²) in [6.45, 7) is 4.47. The topological polar surface area (TPSA) is 83.4 Å². The minimum absolute atomic E-state index is 0.362. The zero-order chi connectivity index (χ0) is 12.7. The van der Waals surface area contributed by atoms with Gasteiger partial charge in [-0.05, 0) is 19.9 Å². The molecule has 1 atom stereocenters. The molecule has 1 aromatic rings. The molecule has 1 rings (SSSR count). The van der Waals surface area contributed by atoms with Crippen molar-refractivity contribution in [3.8, 4) is 0 Å². The van der Waals surface area contributed by atoms with Gasteiger partial charge in [0.25, 0.3) is 0 Å². The number of carbonyl (C=O) groups is 2. The molecule has 0 aromatic carbocycles. The first-order valence-electron chi connectivity index (χ1n) is 5.46. The van der Waals surface area contributed by atoms with Crippen LogP contribution in [0.4, 0.5) is 4.79 Å². The summed E-state index contributed by atoms with van der Waals surface area (Å²) >= 11 is 0. The lowest BCUT2D eigenvalue weighted by Gasteiger charge is -2.12. The van der Waals surface area contributed by atoms with Crippen molar-refractivity contribution in [1.29, 1.82) is 0 Å². The van der Waals surface area contributed by atoms with Gasteiger partial charge in [-0.15, -0.1) is 0 Å². The summed E-state index contributed by atoms with van der Waals surface area (Å²) in [5.74, 6) is -0.362. The van der Waals surface area contributed by atoms with Gasteiger partial charge in [0.2, 0.25) is 5.91 Å². The molecule has 3 amide bonds. The van der Waals surface area contributed by atoms with E-state index in [9.17, 15) is 9.59 Å². The van der Waals surface area contributed by atoms with Crippen LogP contribution in [0, 0.1) is 0 Å². The Kier molecular flexibility index (Phi) is 5.22. The minimum atomic E-state index is -0.477. The summed E-state index contributed by atoms with van der Waals surface area (Å²) < 4.78 is 4.90. The zero-order valence-electron chi connectivity index (χ0n) is 9.95. The SMILES string of the molecule is CCNC(=O)NC(=O)C(C)NCc1ccoc1. The quantitative estimate of drug-likeness (QED) is 0.702. The number of amides is 3. The van der Waals surface area contributed by atoms with E-state index in [1.807, 2.05) is 0 Å². The Morgan fingerprint density at radius 2 is 2.24 bits per heavy atom. The van der Waals surface area contributed by atoms with Crippen LogP contribution >= 0.6 is 0 Å². The van der Waals surface area contributed by atoms with Crippen LogP contribution in [0.1, 0.15) is 19.4 Å². The van der Waals surface area contributed by atoms with Gasteiger partial charge in [-0.2, -0.15) is 0 Å². The maximum atomic E-state index is 11.5. The predicted molar refractivity (Wildman–Crippen MR) is 62.2 cm³/mol. The average Bonchev–Trinajstić information content (AvgIpc) is 2.78. The first-order chi connectivity index (χ1) is 8.13. The maximum absolute atomic E-state index is 11.5. The molecule has 0 saturated heterocycles. The molecule has 0 fully saturated rings. The lowest BCUT2D eigenvalue weighted by molar-refractivity contribution is -0.121. The highest BCUT2D eigenvalue weighted by Crippen LogP contribution is 1.99. The van der Waals surface area contributed by atoms with E-state index < -0.39 is 12.1 Å². The standard InChI is InChI=1S/C11H17N3O3/c1-3-12-11(16)14-10(15)8(2)13-6-9-4-5-17-7-9/h4-5,7-8,13H,3,6H2,1-2H3,(H2,12,14,15,16). The molecule has 17 heavy (non-hydrogen) atoms. The normalized spacial score (nSPS) is 11.9. The van der Waals surface area contributed by atoms with Crippen molar-refractivity contribution in [2.75, 3.05) is 6.54 Å². The summed E-state index contributed by atoms with van der Waals surface area (Å²) in [5, 5.41) is 7.70. The van der Waals surface area contributed by atoms with Crippen molar-refractivity contribution in [1.82, 2.24) is 16.0 Å². The zero-order valence-corrected chi connectivity index (χ0v) is 9.95. The van der Waals surface area contributed by atoms with E-state index >= 15 is 0 Å². The number of carbonyl (C=O) groups excluding carboxylic acids is 2. The molecule has 1 heterocycles. The number of rotatable bonds is 5. The van der Waals surface area contributed by atoms with Crippen molar-refractivity contribution in [2.24, 2.45) is 0 Å². The second-order valence-electron chi connectivity index (χ2n) is 3.58. The fourth-order valence-electron chi connectivity index (χ4n) is 1.18. The molecule has 94 valence electrons. The maximum Gasteiger partial charge on any atom is 0.321 e. The van der Waals surface area contributed by atoms with Crippen LogP contribution in [0.5, 0.6) is 0 Å². The van der Waals surface area contributed by atoms with E-state index in [-0.39, 0.29) is 5.91 Å². The van der Waals surface area contributed by atoms with Gasteiger partial charge in [-0.25, -0.2) is 4.79 Å². The summed E-state index contributed by atoms with van der Waals surface area (Å²) in [5.41, 5.74) is 0.947. The lowest BCUT2D eigenvalue weighted by atomic mass is 10.2. The first-order valence-corrected chi connectivity index (χ1v) is 5.46. The molecule has 1 aromatic heterocycles. The van der Waals surface area contributed by atoms with Crippen molar-refractivity contribution < 1.29 is 14.0 Å². The van der Waals surface area contributed by atoms with Gasteiger partial charge < -0.3 is 15.1 Å². The number of hydrogen-bond donors (Lipinski definition) is 3. The molecule has 0 aliphatic carbocycles. The van der Waals surface area contributed by atoms with Crippen molar-refractivity contribution >= 4 is 11.9 Å². The Balaban J connectivity index is 2.29. The molecular formula is C11H17N3O3.